The summed E-state index contributed by atoms with van der Waals surface area (Å²) in [4.78, 5) is 17.4. The van der Waals surface area contributed by atoms with Crippen LogP contribution in [0.1, 0.15) is 96.5 Å². The Morgan fingerprint density at radius 2 is 1.37 bits per heavy atom. The zero-order valence-corrected chi connectivity index (χ0v) is 28.2. The van der Waals surface area contributed by atoms with Crippen molar-refractivity contribution < 1.29 is 14.3 Å². The number of Topliss-reactive ketones (excluding diaryl/α,β-unsaturated/α-hetero) is 1. The smallest absolute Gasteiger partial charge is 0.194 e. The molecule has 1 heterocycles. The van der Waals surface area contributed by atoms with Gasteiger partial charge in [-0.1, -0.05) is 94.8 Å². The molecule has 46 heavy (non-hydrogen) atoms. The molecule has 4 rings (SSSR count). The molecule has 1 aliphatic rings. The van der Waals surface area contributed by atoms with Crippen molar-refractivity contribution in [2.75, 3.05) is 32.2 Å². The molecule has 0 bridgehead atoms. The summed E-state index contributed by atoms with van der Waals surface area (Å²) in [6.45, 7) is 5.44. The molecule has 0 saturated carbocycles. The van der Waals surface area contributed by atoms with Crippen LogP contribution in [-0.2, 0) is 0 Å². The van der Waals surface area contributed by atoms with Gasteiger partial charge in [-0.2, -0.15) is 10.5 Å². The number of allylic oxidation sites excluding steroid dienone is 3. The summed E-state index contributed by atoms with van der Waals surface area (Å²) in [5, 5.41) is 19.7. The topological polar surface area (TPSA) is 86.3 Å². The summed E-state index contributed by atoms with van der Waals surface area (Å²) in [6, 6.07) is 19.5. The van der Waals surface area contributed by atoms with Gasteiger partial charge in [0.05, 0.1) is 23.0 Å². The summed E-state index contributed by atoms with van der Waals surface area (Å²) < 4.78 is 13.0. The third-order valence-electron chi connectivity index (χ3n) is 7.90. The average Bonchev–Trinajstić information content (AvgIpc) is 3.54. The molecule has 0 spiro atoms. The molecule has 0 N–H and O–H groups in total. The Morgan fingerprint density at radius 1 is 0.783 bits per heavy atom. The third-order valence-corrected chi connectivity index (χ3v) is 8.97. The molecule has 0 fully saturated rings. The van der Waals surface area contributed by atoms with Gasteiger partial charge in [-0.3, -0.25) is 4.79 Å². The van der Waals surface area contributed by atoms with Gasteiger partial charge in [-0.15, -0.1) is 11.3 Å². The van der Waals surface area contributed by atoms with E-state index in [1.165, 1.54) is 11.3 Å². The van der Waals surface area contributed by atoms with Crippen molar-refractivity contribution in [2.24, 2.45) is 0 Å². The summed E-state index contributed by atoms with van der Waals surface area (Å²) in [5.41, 5.74) is 3.86. The number of ketones is 1. The lowest BCUT2D eigenvalue weighted by Gasteiger charge is -2.12. The molecule has 0 saturated heterocycles. The van der Waals surface area contributed by atoms with Crippen LogP contribution >= 0.6 is 11.3 Å². The molecule has 0 radical (unpaired) electrons. The Kier molecular flexibility index (Phi) is 12.8. The van der Waals surface area contributed by atoms with E-state index in [0.717, 1.165) is 72.4 Å². The van der Waals surface area contributed by atoms with Crippen molar-refractivity contribution in [3.63, 3.8) is 0 Å². The number of hydrogen-bond donors (Lipinski definition) is 0. The van der Waals surface area contributed by atoms with Gasteiger partial charge >= 0.3 is 0 Å². The second-order valence-corrected chi connectivity index (χ2v) is 12.6. The molecule has 6 nitrogen and oxygen atoms in total. The van der Waals surface area contributed by atoms with Crippen LogP contribution in [0.5, 0.6) is 11.5 Å². The first-order valence-electron chi connectivity index (χ1n) is 16.2. The quantitative estimate of drug-likeness (QED) is 0.0886. The Hall–Kier alpha value is -4.59. The normalized spacial score (nSPS) is 13.1. The molecular weight excluding hydrogens is 591 g/mol. The van der Waals surface area contributed by atoms with Crippen LogP contribution < -0.4 is 14.4 Å². The first-order valence-corrected chi connectivity index (χ1v) is 17.0. The van der Waals surface area contributed by atoms with Gasteiger partial charge in [-0.05, 0) is 48.3 Å². The molecule has 0 amide bonds. The zero-order valence-electron chi connectivity index (χ0n) is 27.4. The zero-order chi connectivity index (χ0) is 32.9. The summed E-state index contributed by atoms with van der Waals surface area (Å²) in [5.74, 6) is 1.06. The van der Waals surface area contributed by atoms with Gasteiger partial charge in [0.2, 0.25) is 0 Å². The van der Waals surface area contributed by atoms with Crippen LogP contribution in [0.3, 0.4) is 0 Å². The highest BCUT2D eigenvalue weighted by Crippen LogP contribution is 2.47. The number of hydrogen-bond acceptors (Lipinski definition) is 7. The Morgan fingerprint density at radius 3 is 1.93 bits per heavy atom. The van der Waals surface area contributed by atoms with Gasteiger partial charge < -0.3 is 14.4 Å². The van der Waals surface area contributed by atoms with Crippen LogP contribution in [0, 0.1) is 22.7 Å². The highest BCUT2D eigenvalue weighted by Gasteiger charge is 2.33. The number of nitrogens with zero attached hydrogens (tertiary/aromatic N) is 3. The van der Waals surface area contributed by atoms with Gasteiger partial charge in [0.25, 0.3) is 0 Å². The molecule has 1 aromatic heterocycles. The minimum absolute atomic E-state index is 0.0863. The number of unbranched alkanes of at least 4 members (excludes halogenated alkanes) is 6. The van der Waals surface area contributed by atoms with E-state index >= 15 is 0 Å². The Bertz CT molecular complexity index is 1660. The number of benzene rings is 2. The molecular formula is C39H43N3O3S. The lowest BCUT2D eigenvalue weighted by molar-refractivity contribution is 0.104. The van der Waals surface area contributed by atoms with Crippen LogP contribution in [0.4, 0.5) is 5.69 Å². The molecule has 7 heteroatoms. The maximum atomic E-state index is 13.7. The van der Waals surface area contributed by atoms with Gasteiger partial charge in [0.15, 0.2) is 17.3 Å². The number of anilines is 1. The van der Waals surface area contributed by atoms with Crippen LogP contribution in [-0.4, -0.2) is 33.1 Å². The van der Waals surface area contributed by atoms with Gasteiger partial charge in [0, 0.05) is 36.5 Å². The highest BCUT2D eigenvalue weighted by molar-refractivity contribution is 7.14. The minimum Gasteiger partial charge on any atom is -0.488 e. The van der Waals surface area contributed by atoms with Crippen molar-refractivity contribution in [3.05, 3.63) is 86.1 Å². The maximum absolute atomic E-state index is 13.7. The second-order valence-electron chi connectivity index (χ2n) is 11.5. The fraction of sp³-hybridized carbons (Fsp3) is 0.359. The lowest BCUT2D eigenvalue weighted by Crippen LogP contribution is -2.07. The standard InChI is InChI=1S/C39H43N3O3S/c1-5-7-9-13-23-44-38-34(22-19-28-17-20-30(21-18-28)42(3)4)46-35(39(38)45-24-14-10-8-6-2)25-33-36(29(26-40)27-41)31-15-11-12-16-32(31)37(33)43/h11-12,15-22,25H,5-10,13-14,23-24H2,1-4H3/b22-19+,33-25-. The highest BCUT2D eigenvalue weighted by atomic mass is 32.1. The molecule has 0 unspecified atom stereocenters. The van der Waals surface area contributed by atoms with E-state index in [1.54, 1.807) is 24.3 Å². The molecule has 238 valence electrons. The van der Waals surface area contributed by atoms with Crippen molar-refractivity contribution in [3.8, 4) is 23.6 Å². The van der Waals surface area contributed by atoms with E-state index in [4.69, 9.17) is 9.47 Å². The monoisotopic (exact) mass is 633 g/mol. The van der Waals surface area contributed by atoms with E-state index in [2.05, 4.69) is 49.1 Å². The predicted molar refractivity (Wildman–Crippen MR) is 190 cm³/mol. The number of rotatable bonds is 16. The lowest BCUT2D eigenvalue weighted by atomic mass is 9.99. The van der Waals surface area contributed by atoms with Crippen molar-refractivity contribution in [2.45, 2.75) is 65.2 Å². The fourth-order valence-corrected chi connectivity index (χ4v) is 6.39. The molecule has 1 aliphatic carbocycles. The first-order chi connectivity index (χ1) is 22.4. The van der Waals surface area contributed by atoms with E-state index in [9.17, 15) is 15.3 Å². The van der Waals surface area contributed by atoms with E-state index in [1.807, 2.05) is 38.4 Å². The molecule has 3 aromatic rings. The number of fused-ring (bicyclic) bond motifs is 1. The van der Waals surface area contributed by atoms with Crippen molar-refractivity contribution >= 4 is 46.6 Å². The van der Waals surface area contributed by atoms with Gasteiger partial charge in [-0.25, -0.2) is 0 Å². The number of carbonyl (C=O) groups is 1. The second kappa shape index (κ2) is 17.2. The predicted octanol–water partition coefficient (Wildman–Crippen LogP) is 9.98. The Labute approximate surface area is 277 Å². The van der Waals surface area contributed by atoms with E-state index < -0.39 is 0 Å². The van der Waals surface area contributed by atoms with Crippen LogP contribution in [0.2, 0.25) is 0 Å². The molecule has 0 atom stereocenters. The maximum Gasteiger partial charge on any atom is 0.194 e. The van der Waals surface area contributed by atoms with Crippen molar-refractivity contribution in [1.82, 2.24) is 0 Å². The minimum atomic E-state index is -0.212. The largest absolute Gasteiger partial charge is 0.488 e. The van der Waals surface area contributed by atoms with E-state index in [-0.39, 0.29) is 11.4 Å². The fourth-order valence-electron chi connectivity index (χ4n) is 5.35. The number of ether oxygens (including phenoxy) is 2. The Balaban J connectivity index is 1.82. The first kappa shape index (κ1) is 34.3. The van der Waals surface area contributed by atoms with Crippen molar-refractivity contribution in [1.29, 1.82) is 10.5 Å². The van der Waals surface area contributed by atoms with E-state index in [0.29, 0.717) is 47.0 Å². The SMILES string of the molecule is CCCCCCOc1c(/C=C2\C(=O)c3ccccc3C2=C(C#N)C#N)sc(/C=C/c2ccc(N(C)C)cc2)c1OCCCCCC. The van der Waals surface area contributed by atoms with Crippen LogP contribution in [0.15, 0.2) is 59.7 Å². The summed E-state index contributed by atoms with van der Waals surface area (Å²) in [6.07, 6.45) is 14.4. The molecule has 2 aromatic carbocycles. The third kappa shape index (κ3) is 8.36. The summed E-state index contributed by atoms with van der Waals surface area (Å²) >= 11 is 1.48. The van der Waals surface area contributed by atoms with Crippen LogP contribution in [0.25, 0.3) is 23.8 Å². The number of carbonyl (C=O) groups excluding carboxylic acids is 1. The number of thiophene rings is 1. The summed E-state index contributed by atoms with van der Waals surface area (Å²) in [7, 11) is 4.04. The number of nitriles is 2. The average molecular weight is 634 g/mol. The molecule has 0 aliphatic heterocycles. The van der Waals surface area contributed by atoms with Gasteiger partial charge in [0.1, 0.15) is 17.7 Å².